The van der Waals surface area contributed by atoms with Crippen molar-refractivity contribution in [3.8, 4) is 11.8 Å². The first-order valence-corrected chi connectivity index (χ1v) is 9.33. The Hall–Kier alpha value is -2.06. The summed E-state index contributed by atoms with van der Waals surface area (Å²) in [4.78, 5) is 16.5. The maximum Gasteiger partial charge on any atom is 0.219 e. The number of carbonyl (C=O) groups excluding carboxylic acids is 1. The molecule has 2 heterocycles. The summed E-state index contributed by atoms with van der Waals surface area (Å²) in [6.07, 6.45) is 5.68. The van der Waals surface area contributed by atoms with Crippen LogP contribution in [0.25, 0.3) is 0 Å². The van der Waals surface area contributed by atoms with Gasteiger partial charge in [0, 0.05) is 32.1 Å². The van der Waals surface area contributed by atoms with Crippen LogP contribution in [-0.2, 0) is 4.79 Å². The van der Waals surface area contributed by atoms with Crippen LogP contribution < -0.4 is 4.74 Å². The van der Waals surface area contributed by atoms with Crippen LogP contribution in [0, 0.1) is 11.3 Å². The van der Waals surface area contributed by atoms with Crippen molar-refractivity contribution >= 4 is 5.91 Å². The van der Waals surface area contributed by atoms with Crippen molar-refractivity contribution in [2.24, 2.45) is 0 Å². The Morgan fingerprint density at radius 2 is 1.92 bits per heavy atom. The maximum atomic E-state index is 11.9. The second-order valence-electron chi connectivity index (χ2n) is 7.01. The topological polar surface area (TPSA) is 56.6 Å². The molecule has 1 aromatic rings. The Labute approximate surface area is 150 Å². The summed E-state index contributed by atoms with van der Waals surface area (Å²) >= 11 is 0. The lowest BCUT2D eigenvalue weighted by Crippen LogP contribution is -2.48. The zero-order chi connectivity index (χ0) is 17.6. The van der Waals surface area contributed by atoms with Gasteiger partial charge in [-0.15, -0.1) is 0 Å². The highest BCUT2D eigenvalue weighted by molar-refractivity contribution is 5.74. The molecule has 25 heavy (non-hydrogen) atoms. The average molecular weight is 341 g/mol. The fourth-order valence-corrected chi connectivity index (χ4v) is 4.23. The van der Waals surface area contributed by atoms with Crippen molar-refractivity contribution in [3.63, 3.8) is 0 Å². The number of benzene rings is 1. The molecular formula is C20H27N3O2. The number of likely N-dealkylation sites (tertiary alicyclic amines) is 2. The van der Waals surface area contributed by atoms with Gasteiger partial charge >= 0.3 is 0 Å². The van der Waals surface area contributed by atoms with E-state index < -0.39 is 0 Å². The molecule has 2 unspecified atom stereocenters. The lowest BCUT2D eigenvalue weighted by atomic mass is 10.0. The van der Waals surface area contributed by atoms with E-state index in [1.54, 1.807) is 19.1 Å². The lowest BCUT2D eigenvalue weighted by molar-refractivity contribution is -0.130. The molecule has 2 aliphatic rings. The van der Waals surface area contributed by atoms with Crippen LogP contribution in [0.3, 0.4) is 0 Å². The molecule has 1 aromatic carbocycles. The molecule has 0 saturated carbocycles. The van der Waals surface area contributed by atoms with Crippen molar-refractivity contribution < 1.29 is 9.53 Å². The maximum absolute atomic E-state index is 11.9. The van der Waals surface area contributed by atoms with Crippen molar-refractivity contribution in [1.29, 1.82) is 5.26 Å². The number of hydrogen-bond donors (Lipinski definition) is 0. The van der Waals surface area contributed by atoms with Crippen LogP contribution in [0.4, 0.5) is 0 Å². The van der Waals surface area contributed by atoms with Crippen LogP contribution in [0.2, 0.25) is 0 Å². The minimum atomic E-state index is 0.221. The van der Waals surface area contributed by atoms with E-state index in [9.17, 15) is 4.79 Å². The predicted octanol–water partition coefficient (Wildman–Crippen LogP) is 2.80. The van der Waals surface area contributed by atoms with Gasteiger partial charge in [-0.3, -0.25) is 9.69 Å². The van der Waals surface area contributed by atoms with E-state index >= 15 is 0 Å². The summed E-state index contributed by atoms with van der Waals surface area (Å²) in [6, 6.07) is 10.3. The Balaban J connectivity index is 1.45. The standard InChI is InChI=1S/C20H27N3O2/c1-16(24)23-13-3-6-20(23)19-5-2-11-22(19)12-4-14-25-18-9-7-17(15-21)8-10-18/h7-10,19-20H,2-6,11-14H2,1H3. The highest BCUT2D eigenvalue weighted by Crippen LogP contribution is 2.30. The summed E-state index contributed by atoms with van der Waals surface area (Å²) in [6.45, 7) is 5.44. The van der Waals surface area contributed by atoms with Gasteiger partial charge in [-0.1, -0.05) is 0 Å². The quantitative estimate of drug-likeness (QED) is 0.747. The van der Waals surface area contributed by atoms with E-state index in [0.29, 0.717) is 24.3 Å². The van der Waals surface area contributed by atoms with Crippen molar-refractivity contribution in [2.75, 3.05) is 26.2 Å². The molecule has 5 nitrogen and oxygen atoms in total. The molecule has 2 atom stereocenters. The Kier molecular flexibility index (Phi) is 5.93. The van der Waals surface area contributed by atoms with Crippen LogP contribution in [-0.4, -0.2) is 54.0 Å². The predicted molar refractivity (Wildman–Crippen MR) is 96.3 cm³/mol. The first kappa shape index (κ1) is 17.8. The summed E-state index contributed by atoms with van der Waals surface area (Å²) < 4.78 is 5.78. The van der Waals surface area contributed by atoms with E-state index in [1.165, 1.54) is 12.8 Å². The molecule has 0 bridgehead atoms. The lowest BCUT2D eigenvalue weighted by Gasteiger charge is -2.34. The van der Waals surface area contributed by atoms with Gasteiger partial charge in [-0.25, -0.2) is 0 Å². The molecule has 0 aromatic heterocycles. The Morgan fingerprint density at radius 1 is 1.20 bits per heavy atom. The third-order valence-electron chi connectivity index (χ3n) is 5.40. The molecule has 0 aliphatic carbocycles. The number of nitrogens with zero attached hydrogens (tertiary/aromatic N) is 3. The number of hydrogen-bond acceptors (Lipinski definition) is 4. The van der Waals surface area contributed by atoms with Gasteiger partial charge in [0.05, 0.1) is 18.2 Å². The fraction of sp³-hybridized carbons (Fsp3) is 0.600. The van der Waals surface area contributed by atoms with Crippen LogP contribution in [0.1, 0.15) is 44.6 Å². The number of ether oxygens (including phenoxy) is 1. The third-order valence-corrected chi connectivity index (χ3v) is 5.40. The zero-order valence-corrected chi connectivity index (χ0v) is 15.0. The third kappa shape index (κ3) is 4.32. The molecule has 2 aliphatic heterocycles. The first-order valence-electron chi connectivity index (χ1n) is 9.33. The van der Waals surface area contributed by atoms with Gasteiger partial charge in [0.1, 0.15) is 5.75 Å². The van der Waals surface area contributed by atoms with Gasteiger partial charge in [0.2, 0.25) is 5.91 Å². The number of nitriles is 1. The molecule has 0 N–H and O–H groups in total. The van der Waals surface area contributed by atoms with Crippen molar-refractivity contribution in [2.45, 2.75) is 51.1 Å². The Morgan fingerprint density at radius 3 is 2.64 bits per heavy atom. The number of rotatable bonds is 6. The SMILES string of the molecule is CC(=O)N1CCCC1C1CCCN1CCCOc1ccc(C#N)cc1. The summed E-state index contributed by atoms with van der Waals surface area (Å²) in [5.41, 5.74) is 0.652. The summed E-state index contributed by atoms with van der Waals surface area (Å²) in [5.74, 6) is 1.04. The van der Waals surface area contributed by atoms with E-state index in [0.717, 1.165) is 44.6 Å². The van der Waals surface area contributed by atoms with Crippen molar-refractivity contribution in [1.82, 2.24) is 9.80 Å². The summed E-state index contributed by atoms with van der Waals surface area (Å²) in [5, 5.41) is 8.81. The molecule has 134 valence electrons. The molecule has 3 rings (SSSR count). The van der Waals surface area contributed by atoms with Crippen LogP contribution in [0.15, 0.2) is 24.3 Å². The number of carbonyl (C=O) groups is 1. The number of amides is 1. The van der Waals surface area contributed by atoms with Crippen LogP contribution >= 0.6 is 0 Å². The van der Waals surface area contributed by atoms with Gasteiger partial charge < -0.3 is 9.64 Å². The van der Waals surface area contributed by atoms with Crippen LogP contribution in [0.5, 0.6) is 5.75 Å². The van der Waals surface area contributed by atoms with E-state index in [1.807, 2.05) is 12.1 Å². The molecule has 0 radical (unpaired) electrons. The smallest absolute Gasteiger partial charge is 0.219 e. The second-order valence-corrected chi connectivity index (χ2v) is 7.01. The molecule has 0 spiro atoms. The van der Waals surface area contributed by atoms with E-state index in [2.05, 4.69) is 15.9 Å². The van der Waals surface area contributed by atoms with Gasteiger partial charge in [-0.2, -0.15) is 5.26 Å². The largest absolute Gasteiger partial charge is 0.494 e. The zero-order valence-electron chi connectivity index (χ0n) is 15.0. The molecule has 5 heteroatoms. The van der Waals surface area contributed by atoms with Gasteiger partial charge in [-0.05, 0) is 62.9 Å². The average Bonchev–Trinajstić information content (AvgIpc) is 3.27. The van der Waals surface area contributed by atoms with E-state index in [4.69, 9.17) is 10.00 Å². The minimum absolute atomic E-state index is 0.221. The van der Waals surface area contributed by atoms with Gasteiger partial charge in [0.15, 0.2) is 0 Å². The van der Waals surface area contributed by atoms with Gasteiger partial charge in [0.25, 0.3) is 0 Å². The van der Waals surface area contributed by atoms with Crippen molar-refractivity contribution in [3.05, 3.63) is 29.8 Å². The minimum Gasteiger partial charge on any atom is -0.494 e. The monoisotopic (exact) mass is 341 g/mol. The highest BCUT2D eigenvalue weighted by atomic mass is 16.5. The molecule has 2 saturated heterocycles. The highest BCUT2D eigenvalue weighted by Gasteiger charge is 2.38. The molecule has 2 fully saturated rings. The van der Waals surface area contributed by atoms with E-state index in [-0.39, 0.29) is 5.91 Å². The first-order chi connectivity index (χ1) is 12.2. The molecular weight excluding hydrogens is 314 g/mol. The summed E-state index contributed by atoms with van der Waals surface area (Å²) in [7, 11) is 0. The fourth-order valence-electron chi connectivity index (χ4n) is 4.23. The normalized spacial score (nSPS) is 23.6. The Bertz CT molecular complexity index is 623. The second kappa shape index (κ2) is 8.35. The molecule has 1 amide bonds.